The smallest absolute Gasteiger partial charge is 0.257 e. The molecular formula is C16H18N4O2. The van der Waals surface area contributed by atoms with Crippen LogP contribution in [0.5, 0.6) is 0 Å². The van der Waals surface area contributed by atoms with Gasteiger partial charge in [-0.05, 0) is 25.0 Å². The number of pyridine rings is 1. The zero-order valence-electron chi connectivity index (χ0n) is 12.5. The Hall–Kier alpha value is -2.34. The lowest BCUT2D eigenvalue weighted by Gasteiger charge is -2.23. The van der Waals surface area contributed by atoms with Crippen LogP contribution in [0.25, 0.3) is 11.4 Å². The molecule has 1 atom stereocenters. The number of aromatic nitrogens is 3. The van der Waals surface area contributed by atoms with E-state index in [1.807, 2.05) is 17.0 Å². The first kappa shape index (κ1) is 14.6. The third-order valence-corrected chi connectivity index (χ3v) is 3.82. The largest absolute Gasteiger partial charge is 0.383 e. The van der Waals surface area contributed by atoms with Crippen molar-refractivity contribution in [2.75, 3.05) is 20.3 Å². The number of amides is 1. The van der Waals surface area contributed by atoms with Gasteiger partial charge in [-0.2, -0.15) is 0 Å². The molecule has 3 rings (SSSR count). The summed E-state index contributed by atoms with van der Waals surface area (Å²) in [7, 11) is 1.66. The quantitative estimate of drug-likeness (QED) is 0.861. The van der Waals surface area contributed by atoms with E-state index in [4.69, 9.17) is 4.74 Å². The number of hydrogen-bond donors (Lipinski definition) is 0. The highest BCUT2D eigenvalue weighted by Gasteiger charge is 2.29. The molecule has 0 bridgehead atoms. The van der Waals surface area contributed by atoms with E-state index in [1.54, 1.807) is 31.9 Å². The average molecular weight is 298 g/mol. The Morgan fingerprint density at radius 1 is 1.36 bits per heavy atom. The van der Waals surface area contributed by atoms with Gasteiger partial charge in [0.1, 0.15) is 0 Å². The van der Waals surface area contributed by atoms with E-state index < -0.39 is 0 Å². The Morgan fingerprint density at radius 3 is 2.86 bits per heavy atom. The zero-order valence-corrected chi connectivity index (χ0v) is 12.5. The second kappa shape index (κ2) is 6.62. The Morgan fingerprint density at radius 2 is 2.18 bits per heavy atom. The number of likely N-dealkylation sites (tertiary alicyclic amines) is 1. The topological polar surface area (TPSA) is 68.2 Å². The highest BCUT2D eigenvalue weighted by atomic mass is 16.5. The number of rotatable bonds is 4. The molecule has 1 amide bonds. The fourth-order valence-electron chi connectivity index (χ4n) is 2.72. The van der Waals surface area contributed by atoms with Crippen LogP contribution in [0.2, 0.25) is 0 Å². The minimum Gasteiger partial charge on any atom is -0.383 e. The van der Waals surface area contributed by atoms with Gasteiger partial charge >= 0.3 is 0 Å². The van der Waals surface area contributed by atoms with E-state index in [0.717, 1.165) is 24.9 Å². The number of carbonyl (C=O) groups is 1. The monoisotopic (exact) mass is 298 g/mol. The number of methoxy groups -OCH3 is 1. The van der Waals surface area contributed by atoms with Crippen molar-refractivity contribution in [3.05, 3.63) is 42.5 Å². The van der Waals surface area contributed by atoms with E-state index in [2.05, 4.69) is 15.0 Å². The fraction of sp³-hybridized carbons (Fsp3) is 0.375. The Balaban J connectivity index is 1.76. The highest BCUT2D eigenvalue weighted by molar-refractivity contribution is 5.94. The van der Waals surface area contributed by atoms with Crippen molar-refractivity contribution in [1.29, 1.82) is 0 Å². The Kier molecular flexibility index (Phi) is 4.39. The maximum absolute atomic E-state index is 12.6. The molecule has 6 nitrogen and oxygen atoms in total. The summed E-state index contributed by atoms with van der Waals surface area (Å²) in [5.41, 5.74) is 1.34. The second-order valence-corrected chi connectivity index (χ2v) is 5.29. The molecule has 0 aromatic carbocycles. The van der Waals surface area contributed by atoms with Gasteiger partial charge in [0, 0.05) is 44.0 Å². The molecule has 0 radical (unpaired) electrons. The van der Waals surface area contributed by atoms with Crippen molar-refractivity contribution in [3.8, 4) is 11.4 Å². The summed E-state index contributed by atoms with van der Waals surface area (Å²) in [4.78, 5) is 27.0. The number of carbonyl (C=O) groups excluding carboxylic acids is 1. The molecule has 0 saturated carbocycles. The molecule has 2 aromatic heterocycles. The van der Waals surface area contributed by atoms with Gasteiger partial charge in [-0.15, -0.1) is 0 Å². The molecule has 114 valence electrons. The third-order valence-electron chi connectivity index (χ3n) is 3.82. The molecule has 1 saturated heterocycles. The van der Waals surface area contributed by atoms with Crippen LogP contribution in [0.4, 0.5) is 0 Å². The van der Waals surface area contributed by atoms with E-state index >= 15 is 0 Å². The number of ether oxygens (including phenoxy) is 1. The standard InChI is InChI=1S/C16H18N4O2/c1-22-11-14-5-3-7-20(14)16(21)13-9-18-15(19-10-13)12-4-2-6-17-8-12/h2,4,6,8-10,14H,3,5,7,11H2,1H3. The lowest BCUT2D eigenvalue weighted by Crippen LogP contribution is -2.38. The average Bonchev–Trinajstić information content (AvgIpc) is 3.04. The zero-order chi connectivity index (χ0) is 15.4. The first-order valence-corrected chi connectivity index (χ1v) is 7.32. The maximum atomic E-state index is 12.6. The van der Waals surface area contributed by atoms with Gasteiger partial charge in [0.15, 0.2) is 5.82 Å². The summed E-state index contributed by atoms with van der Waals surface area (Å²) < 4.78 is 5.19. The van der Waals surface area contributed by atoms with Gasteiger partial charge in [0.25, 0.3) is 5.91 Å². The summed E-state index contributed by atoms with van der Waals surface area (Å²) in [6, 6.07) is 3.87. The van der Waals surface area contributed by atoms with Crippen LogP contribution in [-0.4, -0.2) is 52.1 Å². The molecule has 0 N–H and O–H groups in total. The fourth-order valence-corrected chi connectivity index (χ4v) is 2.72. The van der Waals surface area contributed by atoms with Crippen molar-refractivity contribution < 1.29 is 9.53 Å². The van der Waals surface area contributed by atoms with Crippen molar-refractivity contribution in [2.24, 2.45) is 0 Å². The van der Waals surface area contributed by atoms with Crippen molar-refractivity contribution in [1.82, 2.24) is 19.9 Å². The van der Waals surface area contributed by atoms with E-state index in [1.165, 1.54) is 0 Å². The lowest BCUT2D eigenvalue weighted by molar-refractivity contribution is 0.0630. The minimum atomic E-state index is -0.0303. The van der Waals surface area contributed by atoms with Gasteiger partial charge in [-0.1, -0.05) is 0 Å². The van der Waals surface area contributed by atoms with Crippen molar-refractivity contribution >= 4 is 5.91 Å². The molecule has 1 aliphatic heterocycles. The van der Waals surface area contributed by atoms with Crippen LogP contribution in [0.15, 0.2) is 36.9 Å². The van der Waals surface area contributed by atoms with Crippen LogP contribution in [0, 0.1) is 0 Å². The molecule has 3 heterocycles. The van der Waals surface area contributed by atoms with Crippen LogP contribution in [0.3, 0.4) is 0 Å². The number of hydrogen-bond acceptors (Lipinski definition) is 5. The van der Waals surface area contributed by atoms with E-state index in [-0.39, 0.29) is 11.9 Å². The SMILES string of the molecule is COCC1CCCN1C(=O)c1cnc(-c2cccnc2)nc1. The molecular weight excluding hydrogens is 280 g/mol. The normalized spacial score (nSPS) is 17.7. The predicted molar refractivity (Wildman–Crippen MR) is 81.2 cm³/mol. The summed E-state index contributed by atoms with van der Waals surface area (Å²) in [6.07, 6.45) is 8.55. The lowest BCUT2D eigenvalue weighted by atomic mass is 10.2. The van der Waals surface area contributed by atoms with Crippen LogP contribution >= 0.6 is 0 Å². The summed E-state index contributed by atoms with van der Waals surface area (Å²) >= 11 is 0. The molecule has 1 aliphatic rings. The van der Waals surface area contributed by atoms with Gasteiger partial charge < -0.3 is 9.64 Å². The van der Waals surface area contributed by atoms with Crippen LogP contribution in [-0.2, 0) is 4.74 Å². The highest BCUT2D eigenvalue weighted by Crippen LogP contribution is 2.20. The van der Waals surface area contributed by atoms with E-state index in [0.29, 0.717) is 18.0 Å². The Bertz CT molecular complexity index is 630. The molecule has 6 heteroatoms. The first-order chi connectivity index (χ1) is 10.8. The summed E-state index contributed by atoms with van der Waals surface area (Å²) in [6.45, 7) is 1.33. The summed E-state index contributed by atoms with van der Waals surface area (Å²) in [5.74, 6) is 0.539. The molecule has 2 aromatic rings. The minimum absolute atomic E-state index is 0.0303. The van der Waals surface area contributed by atoms with Crippen molar-refractivity contribution in [3.63, 3.8) is 0 Å². The van der Waals surface area contributed by atoms with Crippen LogP contribution in [0.1, 0.15) is 23.2 Å². The Labute approximate surface area is 129 Å². The molecule has 0 spiro atoms. The molecule has 1 unspecified atom stereocenters. The maximum Gasteiger partial charge on any atom is 0.257 e. The number of nitrogens with zero attached hydrogens (tertiary/aromatic N) is 4. The molecule has 1 fully saturated rings. The van der Waals surface area contributed by atoms with Gasteiger partial charge in [-0.3, -0.25) is 9.78 Å². The van der Waals surface area contributed by atoms with E-state index in [9.17, 15) is 4.79 Å². The third kappa shape index (κ3) is 2.96. The van der Waals surface area contributed by atoms with Crippen molar-refractivity contribution in [2.45, 2.75) is 18.9 Å². The second-order valence-electron chi connectivity index (χ2n) is 5.29. The first-order valence-electron chi connectivity index (χ1n) is 7.32. The van der Waals surface area contributed by atoms with Gasteiger partial charge in [0.05, 0.1) is 18.2 Å². The van der Waals surface area contributed by atoms with Crippen LogP contribution < -0.4 is 0 Å². The predicted octanol–water partition coefficient (Wildman–Crippen LogP) is 1.79. The molecule has 22 heavy (non-hydrogen) atoms. The summed E-state index contributed by atoms with van der Waals surface area (Å²) in [5, 5.41) is 0. The van der Waals surface area contributed by atoms with Gasteiger partial charge in [0.2, 0.25) is 0 Å². The van der Waals surface area contributed by atoms with Gasteiger partial charge in [-0.25, -0.2) is 9.97 Å². The molecule has 0 aliphatic carbocycles.